The highest BCUT2D eigenvalue weighted by molar-refractivity contribution is 5.89. The smallest absolute Gasteiger partial charge is 0.328 e. The number of esters is 1. The normalized spacial score (nSPS) is 11.0. The molecule has 0 aliphatic heterocycles. The molecule has 0 fully saturated rings. The molecule has 4 nitrogen and oxygen atoms in total. The number of hydrogen-bond donors (Lipinski definition) is 1. The maximum Gasteiger partial charge on any atom is 0.328 e. The molecule has 1 aromatic rings. The van der Waals surface area contributed by atoms with Gasteiger partial charge in [-0.25, -0.2) is 4.79 Å². The number of allylic oxidation sites excluding steroid dienone is 1. The third-order valence-corrected chi connectivity index (χ3v) is 1.91. The SMILES string of the molecule is CC(=O)Oc1ccc(C(C)=CC(=O)O)cc1. The predicted octanol–water partition coefficient (Wildman–Crippen LogP) is 2.10. The Hall–Kier alpha value is -2.10. The van der Waals surface area contributed by atoms with Crippen molar-refractivity contribution in [2.75, 3.05) is 0 Å². The molecular weight excluding hydrogens is 208 g/mol. The maximum atomic E-state index is 10.7. The third kappa shape index (κ3) is 3.57. The van der Waals surface area contributed by atoms with Crippen LogP contribution in [-0.2, 0) is 9.59 Å². The van der Waals surface area contributed by atoms with Crippen LogP contribution in [0.2, 0.25) is 0 Å². The summed E-state index contributed by atoms with van der Waals surface area (Å²) in [6.45, 7) is 3.03. The number of rotatable bonds is 3. The van der Waals surface area contributed by atoms with E-state index in [2.05, 4.69) is 0 Å². The van der Waals surface area contributed by atoms with E-state index in [1.165, 1.54) is 6.92 Å². The number of aliphatic carboxylic acids is 1. The first-order valence-electron chi connectivity index (χ1n) is 4.69. The first-order valence-corrected chi connectivity index (χ1v) is 4.69. The van der Waals surface area contributed by atoms with Crippen LogP contribution in [0, 0.1) is 0 Å². The molecule has 16 heavy (non-hydrogen) atoms. The summed E-state index contributed by atoms with van der Waals surface area (Å²) in [5.74, 6) is -0.925. The van der Waals surface area contributed by atoms with Gasteiger partial charge in [0.2, 0.25) is 0 Å². The van der Waals surface area contributed by atoms with Gasteiger partial charge in [0.05, 0.1) is 0 Å². The minimum atomic E-state index is -0.985. The highest BCUT2D eigenvalue weighted by atomic mass is 16.5. The Bertz CT molecular complexity index is 429. The average Bonchev–Trinajstić information content (AvgIpc) is 2.16. The third-order valence-electron chi connectivity index (χ3n) is 1.91. The quantitative estimate of drug-likeness (QED) is 0.481. The van der Waals surface area contributed by atoms with E-state index < -0.39 is 5.97 Å². The van der Waals surface area contributed by atoms with Crippen molar-refractivity contribution in [3.05, 3.63) is 35.9 Å². The molecule has 0 saturated carbocycles. The topological polar surface area (TPSA) is 63.6 Å². The molecule has 1 rings (SSSR count). The molecule has 0 saturated heterocycles. The lowest BCUT2D eigenvalue weighted by atomic mass is 10.1. The van der Waals surface area contributed by atoms with Crippen LogP contribution in [0.4, 0.5) is 0 Å². The van der Waals surface area contributed by atoms with Crippen molar-refractivity contribution in [1.82, 2.24) is 0 Å². The van der Waals surface area contributed by atoms with Gasteiger partial charge >= 0.3 is 11.9 Å². The molecule has 0 aliphatic carbocycles. The second-order valence-electron chi connectivity index (χ2n) is 3.28. The lowest BCUT2D eigenvalue weighted by Gasteiger charge is -2.03. The minimum absolute atomic E-state index is 0.384. The van der Waals surface area contributed by atoms with Gasteiger partial charge in [-0.1, -0.05) is 12.1 Å². The molecular formula is C12H12O4. The molecule has 84 valence electrons. The number of carbonyl (C=O) groups excluding carboxylic acids is 1. The summed E-state index contributed by atoms with van der Waals surface area (Å²) in [5.41, 5.74) is 1.42. The second-order valence-corrected chi connectivity index (χ2v) is 3.28. The van der Waals surface area contributed by atoms with Crippen molar-refractivity contribution < 1.29 is 19.4 Å². The molecule has 0 aliphatic rings. The summed E-state index contributed by atoms with van der Waals surface area (Å²) in [4.78, 5) is 21.1. The molecule has 0 amide bonds. The van der Waals surface area contributed by atoms with E-state index in [4.69, 9.17) is 9.84 Å². The lowest BCUT2D eigenvalue weighted by molar-refractivity contribution is -0.132. The highest BCUT2D eigenvalue weighted by Gasteiger charge is 2.01. The van der Waals surface area contributed by atoms with Gasteiger partial charge in [0.1, 0.15) is 5.75 Å². The minimum Gasteiger partial charge on any atom is -0.478 e. The molecule has 0 atom stereocenters. The van der Waals surface area contributed by atoms with Crippen LogP contribution in [0.1, 0.15) is 19.4 Å². The molecule has 0 heterocycles. The van der Waals surface area contributed by atoms with Gasteiger partial charge in [-0.2, -0.15) is 0 Å². The number of ether oxygens (including phenoxy) is 1. The Morgan fingerprint density at radius 2 is 1.75 bits per heavy atom. The van der Waals surface area contributed by atoms with Gasteiger partial charge in [-0.15, -0.1) is 0 Å². The van der Waals surface area contributed by atoms with Gasteiger partial charge in [0.25, 0.3) is 0 Å². The van der Waals surface area contributed by atoms with Crippen LogP contribution in [0.15, 0.2) is 30.3 Å². The zero-order valence-electron chi connectivity index (χ0n) is 9.06. The molecule has 0 radical (unpaired) electrons. The Balaban J connectivity index is 2.86. The zero-order chi connectivity index (χ0) is 12.1. The Kier molecular flexibility index (Phi) is 3.83. The molecule has 0 unspecified atom stereocenters. The summed E-state index contributed by atoms with van der Waals surface area (Å²) < 4.78 is 4.86. The number of carbonyl (C=O) groups is 2. The standard InChI is InChI=1S/C12H12O4/c1-8(7-12(14)15)10-3-5-11(6-4-10)16-9(2)13/h3-7H,1-2H3,(H,14,15). The van der Waals surface area contributed by atoms with Crippen LogP contribution < -0.4 is 4.74 Å². The van der Waals surface area contributed by atoms with E-state index in [-0.39, 0.29) is 5.97 Å². The second kappa shape index (κ2) is 5.11. The van der Waals surface area contributed by atoms with Crippen LogP contribution >= 0.6 is 0 Å². The zero-order valence-corrected chi connectivity index (χ0v) is 9.06. The highest BCUT2D eigenvalue weighted by Crippen LogP contribution is 2.18. The van der Waals surface area contributed by atoms with E-state index in [0.29, 0.717) is 11.3 Å². The molecule has 0 spiro atoms. The van der Waals surface area contributed by atoms with Crippen LogP contribution in [0.5, 0.6) is 5.75 Å². The Labute approximate surface area is 93.2 Å². The fourth-order valence-electron chi connectivity index (χ4n) is 1.22. The van der Waals surface area contributed by atoms with Crippen molar-refractivity contribution in [2.45, 2.75) is 13.8 Å². The molecule has 4 heteroatoms. The summed E-state index contributed by atoms with van der Waals surface area (Å²) in [6.07, 6.45) is 1.13. The summed E-state index contributed by atoms with van der Waals surface area (Å²) in [6, 6.07) is 6.64. The summed E-state index contributed by atoms with van der Waals surface area (Å²) >= 11 is 0. The van der Waals surface area contributed by atoms with Crippen molar-refractivity contribution in [1.29, 1.82) is 0 Å². The van der Waals surface area contributed by atoms with E-state index in [1.54, 1.807) is 31.2 Å². The number of benzene rings is 1. The van der Waals surface area contributed by atoms with Crippen molar-refractivity contribution in [3.63, 3.8) is 0 Å². The van der Waals surface area contributed by atoms with Crippen molar-refractivity contribution in [3.8, 4) is 5.75 Å². The molecule has 1 N–H and O–H groups in total. The van der Waals surface area contributed by atoms with Crippen LogP contribution in [-0.4, -0.2) is 17.0 Å². The number of hydrogen-bond acceptors (Lipinski definition) is 3. The fourth-order valence-corrected chi connectivity index (χ4v) is 1.22. The molecule has 1 aromatic carbocycles. The van der Waals surface area contributed by atoms with E-state index in [9.17, 15) is 9.59 Å². The lowest BCUT2D eigenvalue weighted by Crippen LogP contribution is -2.01. The number of carboxylic acids is 1. The maximum absolute atomic E-state index is 10.7. The first kappa shape index (κ1) is 12.0. The van der Waals surface area contributed by atoms with E-state index in [0.717, 1.165) is 11.6 Å². The number of carboxylic acid groups (broad SMARTS) is 1. The van der Waals surface area contributed by atoms with Gasteiger partial charge in [0, 0.05) is 13.0 Å². The largest absolute Gasteiger partial charge is 0.478 e. The molecule has 0 bridgehead atoms. The Morgan fingerprint density at radius 3 is 2.19 bits per heavy atom. The average molecular weight is 220 g/mol. The van der Waals surface area contributed by atoms with Crippen LogP contribution in [0.3, 0.4) is 0 Å². The Morgan fingerprint density at radius 1 is 1.19 bits per heavy atom. The van der Waals surface area contributed by atoms with E-state index in [1.807, 2.05) is 0 Å². The van der Waals surface area contributed by atoms with E-state index >= 15 is 0 Å². The van der Waals surface area contributed by atoms with Gasteiger partial charge < -0.3 is 9.84 Å². The van der Waals surface area contributed by atoms with Crippen molar-refractivity contribution >= 4 is 17.5 Å². The fraction of sp³-hybridized carbons (Fsp3) is 0.167. The predicted molar refractivity (Wildman–Crippen MR) is 59.0 cm³/mol. The van der Waals surface area contributed by atoms with Crippen molar-refractivity contribution in [2.24, 2.45) is 0 Å². The first-order chi connectivity index (χ1) is 7.49. The summed E-state index contributed by atoms with van der Waals surface area (Å²) in [7, 11) is 0. The molecule has 0 aromatic heterocycles. The van der Waals surface area contributed by atoms with Crippen LogP contribution in [0.25, 0.3) is 5.57 Å². The monoisotopic (exact) mass is 220 g/mol. The summed E-state index contributed by atoms with van der Waals surface area (Å²) in [5, 5.41) is 8.57. The van der Waals surface area contributed by atoms with Gasteiger partial charge in [-0.05, 0) is 30.2 Å². The van der Waals surface area contributed by atoms with Gasteiger partial charge in [-0.3, -0.25) is 4.79 Å². The van der Waals surface area contributed by atoms with Gasteiger partial charge in [0.15, 0.2) is 0 Å².